The first-order valence-corrected chi connectivity index (χ1v) is 12.5. The largest absolute Gasteiger partial charge is 0.394 e. The molecular formula is C27H33N3O5. The van der Waals surface area contributed by atoms with E-state index < -0.39 is 35.6 Å². The molecule has 4 aliphatic rings. The first-order valence-electron chi connectivity index (χ1n) is 12.5. The Morgan fingerprint density at radius 1 is 1.09 bits per heavy atom. The number of hydrogen-bond acceptors (Lipinski definition) is 5. The van der Waals surface area contributed by atoms with Crippen molar-refractivity contribution in [2.24, 2.45) is 11.8 Å². The van der Waals surface area contributed by atoms with Crippen molar-refractivity contribution in [1.82, 2.24) is 9.80 Å². The molecule has 4 aliphatic heterocycles. The zero-order valence-electron chi connectivity index (χ0n) is 20.2. The fourth-order valence-corrected chi connectivity index (χ4v) is 6.08. The van der Waals surface area contributed by atoms with Gasteiger partial charge in [-0.1, -0.05) is 55.8 Å². The SMILES string of the molecule is CCCCN1CC=C[C@]23O[C@@H]4C=CCN(c5ccccc5)C(=O)[C@@H]4[C@H]2C(=O)N([C@H](C)CO)C3C1=O. The quantitative estimate of drug-likeness (QED) is 0.628. The van der Waals surface area contributed by atoms with Crippen molar-refractivity contribution >= 4 is 23.4 Å². The highest BCUT2D eigenvalue weighted by Gasteiger charge is 2.72. The van der Waals surface area contributed by atoms with Gasteiger partial charge in [0, 0.05) is 25.3 Å². The third-order valence-corrected chi connectivity index (χ3v) is 7.77. The maximum atomic E-state index is 14.0. The van der Waals surface area contributed by atoms with Crippen molar-refractivity contribution in [3.63, 3.8) is 0 Å². The Hall–Kier alpha value is -2.97. The molecule has 1 spiro atoms. The molecule has 1 unspecified atom stereocenters. The summed E-state index contributed by atoms with van der Waals surface area (Å²) in [5.74, 6) is -2.30. The molecule has 6 atom stereocenters. The number of fused-ring (bicyclic) bond motifs is 2. The number of carbonyl (C=O) groups excluding carboxylic acids is 3. The van der Waals surface area contributed by atoms with Crippen molar-refractivity contribution in [2.45, 2.75) is 50.5 Å². The molecule has 8 heteroatoms. The molecule has 0 aliphatic carbocycles. The number of unbranched alkanes of at least 4 members (excludes halogenated alkanes) is 1. The minimum absolute atomic E-state index is 0.188. The fraction of sp³-hybridized carbons (Fsp3) is 0.519. The third-order valence-electron chi connectivity index (χ3n) is 7.77. The average Bonchev–Trinajstić information content (AvgIpc) is 3.19. The first-order chi connectivity index (χ1) is 16.9. The molecule has 3 amide bonds. The number of rotatable bonds is 6. The van der Waals surface area contributed by atoms with Crippen LogP contribution >= 0.6 is 0 Å². The van der Waals surface area contributed by atoms with Gasteiger partial charge in [0.25, 0.3) is 0 Å². The number of anilines is 1. The van der Waals surface area contributed by atoms with Gasteiger partial charge in [-0.25, -0.2) is 0 Å². The van der Waals surface area contributed by atoms with Gasteiger partial charge in [0.1, 0.15) is 11.6 Å². The fourth-order valence-electron chi connectivity index (χ4n) is 6.08. The molecule has 2 saturated heterocycles. The summed E-state index contributed by atoms with van der Waals surface area (Å²) in [6, 6.07) is 7.89. The van der Waals surface area contributed by atoms with Gasteiger partial charge in [-0.05, 0) is 25.5 Å². The van der Waals surface area contributed by atoms with E-state index in [0.717, 1.165) is 18.5 Å². The van der Waals surface area contributed by atoms with Crippen LogP contribution in [0.4, 0.5) is 5.69 Å². The molecule has 1 aromatic rings. The Kier molecular flexibility index (Phi) is 6.27. The lowest BCUT2D eigenvalue weighted by Gasteiger charge is -2.37. The Morgan fingerprint density at radius 3 is 2.57 bits per heavy atom. The smallest absolute Gasteiger partial charge is 0.249 e. The van der Waals surface area contributed by atoms with Crippen LogP contribution in [0.3, 0.4) is 0 Å². The minimum atomic E-state index is -1.26. The number of hydrogen-bond donors (Lipinski definition) is 1. The van der Waals surface area contributed by atoms with Gasteiger partial charge in [0.05, 0.1) is 30.6 Å². The van der Waals surface area contributed by atoms with E-state index in [1.807, 2.05) is 54.6 Å². The molecule has 35 heavy (non-hydrogen) atoms. The van der Waals surface area contributed by atoms with E-state index in [4.69, 9.17) is 4.74 Å². The second-order valence-corrected chi connectivity index (χ2v) is 9.87. The van der Waals surface area contributed by atoms with E-state index in [9.17, 15) is 19.5 Å². The van der Waals surface area contributed by atoms with Crippen molar-refractivity contribution in [1.29, 1.82) is 0 Å². The molecule has 0 saturated carbocycles. The summed E-state index contributed by atoms with van der Waals surface area (Å²) < 4.78 is 6.60. The Bertz CT molecular complexity index is 1060. The highest BCUT2D eigenvalue weighted by Crippen LogP contribution is 2.54. The summed E-state index contributed by atoms with van der Waals surface area (Å²) >= 11 is 0. The predicted molar refractivity (Wildman–Crippen MR) is 130 cm³/mol. The Morgan fingerprint density at radius 2 is 1.86 bits per heavy atom. The van der Waals surface area contributed by atoms with Crippen LogP contribution in [0.2, 0.25) is 0 Å². The molecule has 5 rings (SSSR count). The van der Waals surface area contributed by atoms with Crippen molar-refractivity contribution in [3.8, 4) is 0 Å². The lowest BCUT2D eigenvalue weighted by molar-refractivity contribution is -0.149. The van der Waals surface area contributed by atoms with Crippen LogP contribution < -0.4 is 4.90 Å². The topological polar surface area (TPSA) is 90.4 Å². The number of amides is 3. The van der Waals surface area contributed by atoms with Gasteiger partial charge < -0.3 is 24.5 Å². The van der Waals surface area contributed by atoms with Gasteiger partial charge in [-0.3, -0.25) is 14.4 Å². The number of ether oxygens (including phenoxy) is 1. The van der Waals surface area contributed by atoms with E-state index in [1.54, 1.807) is 16.7 Å². The second kappa shape index (κ2) is 9.24. The maximum absolute atomic E-state index is 14.0. The van der Waals surface area contributed by atoms with E-state index in [0.29, 0.717) is 19.6 Å². The molecule has 186 valence electrons. The highest BCUT2D eigenvalue weighted by atomic mass is 16.5. The summed E-state index contributed by atoms with van der Waals surface area (Å²) in [7, 11) is 0. The van der Waals surface area contributed by atoms with Crippen molar-refractivity contribution in [3.05, 3.63) is 54.6 Å². The molecule has 8 nitrogen and oxygen atoms in total. The first kappa shape index (κ1) is 23.8. The zero-order valence-corrected chi connectivity index (χ0v) is 20.2. The number of aliphatic hydroxyl groups excluding tert-OH is 1. The molecule has 0 bridgehead atoms. The van der Waals surface area contributed by atoms with Crippen molar-refractivity contribution in [2.75, 3.05) is 31.1 Å². The lowest BCUT2D eigenvalue weighted by atomic mass is 9.77. The number of para-hydroxylation sites is 1. The van der Waals surface area contributed by atoms with Gasteiger partial charge in [0.2, 0.25) is 17.7 Å². The highest BCUT2D eigenvalue weighted by molar-refractivity contribution is 6.03. The second-order valence-electron chi connectivity index (χ2n) is 9.87. The number of carbonyl (C=O) groups is 3. The lowest BCUT2D eigenvalue weighted by Crippen LogP contribution is -2.57. The summed E-state index contributed by atoms with van der Waals surface area (Å²) in [5, 5.41) is 9.98. The minimum Gasteiger partial charge on any atom is -0.394 e. The van der Waals surface area contributed by atoms with Crippen LogP contribution in [-0.2, 0) is 19.1 Å². The van der Waals surface area contributed by atoms with E-state index in [2.05, 4.69) is 6.92 Å². The molecule has 0 radical (unpaired) electrons. The monoisotopic (exact) mass is 479 g/mol. The van der Waals surface area contributed by atoms with Crippen LogP contribution in [0.25, 0.3) is 0 Å². The van der Waals surface area contributed by atoms with E-state index in [1.165, 1.54) is 4.90 Å². The third kappa shape index (κ3) is 3.62. The van der Waals surface area contributed by atoms with Crippen LogP contribution in [0, 0.1) is 11.8 Å². The number of benzene rings is 1. The molecule has 2 fully saturated rings. The maximum Gasteiger partial charge on any atom is 0.249 e. The van der Waals surface area contributed by atoms with Crippen LogP contribution in [0.15, 0.2) is 54.6 Å². The zero-order chi connectivity index (χ0) is 24.7. The summed E-state index contributed by atoms with van der Waals surface area (Å²) in [6.45, 7) is 4.91. The number of likely N-dealkylation sites (tertiary alicyclic amines) is 1. The molecule has 1 aromatic carbocycles. The standard InChI is InChI=1S/C27H33N3O5/c1-3-4-14-28-15-9-13-27-22(25(33)30(18(2)17-31)23(27)26(28)34)21-20(35-27)12-8-16-29(24(21)32)19-10-6-5-7-11-19/h5-13,18,20-23,31H,3-4,14-17H2,1-2H3/t18-,20-,21+,22+,23?,27+/m1/s1. The summed E-state index contributed by atoms with van der Waals surface area (Å²) in [5.41, 5.74) is -0.502. The van der Waals surface area contributed by atoms with E-state index >= 15 is 0 Å². The summed E-state index contributed by atoms with van der Waals surface area (Å²) in [6.07, 6.45) is 8.69. The van der Waals surface area contributed by atoms with Gasteiger partial charge in [0.15, 0.2) is 0 Å². The van der Waals surface area contributed by atoms with Crippen molar-refractivity contribution < 1.29 is 24.2 Å². The molecular weight excluding hydrogens is 446 g/mol. The van der Waals surface area contributed by atoms with Gasteiger partial charge in [-0.2, -0.15) is 0 Å². The Balaban J connectivity index is 1.59. The van der Waals surface area contributed by atoms with Crippen LogP contribution in [0.1, 0.15) is 26.7 Å². The molecule has 4 heterocycles. The van der Waals surface area contributed by atoms with Crippen LogP contribution in [0.5, 0.6) is 0 Å². The summed E-state index contributed by atoms with van der Waals surface area (Å²) in [4.78, 5) is 46.8. The number of nitrogens with zero attached hydrogens (tertiary/aromatic N) is 3. The Labute approximate surface area is 205 Å². The molecule has 0 aromatic heterocycles. The predicted octanol–water partition coefficient (Wildman–Crippen LogP) is 1.75. The van der Waals surface area contributed by atoms with E-state index in [-0.39, 0.29) is 24.3 Å². The average molecular weight is 480 g/mol. The normalized spacial score (nSPS) is 32.9. The van der Waals surface area contributed by atoms with Gasteiger partial charge >= 0.3 is 0 Å². The van der Waals surface area contributed by atoms with Crippen LogP contribution in [-0.4, -0.2) is 82.7 Å². The van der Waals surface area contributed by atoms with Gasteiger partial charge in [-0.15, -0.1) is 0 Å². The molecule has 1 N–H and O–H groups in total. The number of aliphatic hydroxyl groups is 1.